The summed E-state index contributed by atoms with van der Waals surface area (Å²) in [7, 11) is -3.73. The van der Waals surface area contributed by atoms with Gasteiger partial charge in [0.2, 0.25) is 10.0 Å². The molecule has 38 heavy (non-hydrogen) atoms. The number of para-hydroxylation sites is 2. The van der Waals surface area contributed by atoms with E-state index < -0.39 is 15.9 Å². The maximum atomic E-state index is 12.8. The van der Waals surface area contributed by atoms with Crippen molar-refractivity contribution in [1.29, 1.82) is 0 Å². The zero-order chi connectivity index (χ0) is 26.8. The number of rotatable bonds is 11. The zero-order valence-corrected chi connectivity index (χ0v) is 21.8. The molecule has 0 fully saturated rings. The molecule has 0 unspecified atom stereocenters. The molecule has 0 saturated carbocycles. The number of amides is 1. The number of thiocarbonyl (C=S) groups is 1. The molecule has 0 aliphatic rings. The van der Waals surface area contributed by atoms with Gasteiger partial charge in [-0.05, 0) is 72.9 Å². The highest BCUT2D eigenvalue weighted by Crippen LogP contribution is 2.19. The van der Waals surface area contributed by atoms with E-state index in [0.717, 1.165) is 5.75 Å². The number of hydrogen-bond acceptors (Lipinski definition) is 7. The van der Waals surface area contributed by atoms with Crippen LogP contribution >= 0.6 is 12.2 Å². The molecule has 0 bridgehead atoms. The fourth-order valence-electron chi connectivity index (χ4n) is 3.32. The van der Waals surface area contributed by atoms with E-state index in [-0.39, 0.29) is 23.2 Å². The van der Waals surface area contributed by atoms with E-state index in [0.29, 0.717) is 29.4 Å². The van der Waals surface area contributed by atoms with Crippen LogP contribution < -0.4 is 24.8 Å². The SMILES string of the molecule is O=C(NC(=S)Nc1ccc(S(=O)(=O)NCc2ccco2)cc1)c1ccccc1OCCOc1ccccc1. The summed E-state index contributed by atoms with van der Waals surface area (Å²) in [5.74, 6) is 1.17. The molecule has 1 amide bonds. The van der Waals surface area contributed by atoms with Gasteiger partial charge in [0.15, 0.2) is 5.11 Å². The molecule has 0 spiro atoms. The lowest BCUT2D eigenvalue weighted by Gasteiger charge is -2.14. The van der Waals surface area contributed by atoms with Crippen LogP contribution in [0.3, 0.4) is 0 Å². The maximum Gasteiger partial charge on any atom is 0.261 e. The topological polar surface area (TPSA) is 119 Å². The molecule has 9 nitrogen and oxygen atoms in total. The Kier molecular flexibility index (Phi) is 9.09. The largest absolute Gasteiger partial charge is 0.490 e. The van der Waals surface area contributed by atoms with E-state index in [1.54, 1.807) is 48.5 Å². The average molecular weight is 552 g/mol. The van der Waals surface area contributed by atoms with Gasteiger partial charge in [0.05, 0.1) is 23.3 Å². The molecule has 11 heteroatoms. The van der Waals surface area contributed by atoms with Gasteiger partial charge in [-0.1, -0.05) is 30.3 Å². The van der Waals surface area contributed by atoms with Gasteiger partial charge in [0.1, 0.15) is 30.5 Å². The number of ether oxygens (including phenoxy) is 2. The fourth-order valence-corrected chi connectivity index (χ4v) is 4.52. The standard InChI is InChI=1S/C27H25N3O6S2/c31-26(24-10-4-5-11-25(24)36-18-17-35-21-7-2-1-3-8-21)30-27(37)29-20-12-14-23(15-13-20)38(32,33)28-19-22-9-6-16-34-22/h1-16,28H,17-19H2,(H2,29,30,31,37). The van der Waals surface area contributed by atoms with Gasteiger partial charge in [0.25, 0.3) is 5.91 Å². The lowest BCUT2D eigenvalue weighted by molar-refractivity contribution is 0.0972. The van der Waals surface area contributed by atoms with Crippen LogP contribution in [0.25, 0.3) is 0 Å². The Balaban J connectivity index is 1.28. The van der Waals surface area contributed by atoms with Crippen LogP contribution in [-0.4, -0.2) is 32.7 Å². The van der Waals surface area contributed by atoms with Crippen molar-refractivity contribution in [3.63, 3.8) is 0 Å². The smallest absolute Gasteiger partial charge is 0.261 e. The molecule has 0 atom stereocenters. The second-order valence-corrected chi connectivity index (χ2v) is 10.0. The number of sulfonamides is 1. The van der Waals surface area contributed by atoms with Crippen LogP contribution in [0, 0.1) is 0 Å². The van der Waals surface area contributed by atoms with E-state index in [4.69, 9.17) is 26.1 Å². The molecule has 0 aliphatic carbocycles. The van der Waals surface area contributed by atoms with Gasteiger partial charge in [-0.25, -0.2) is 13.1 Å². The van der Waals surface area contributed by atoms with Gasteiger partial charge in [-0.3, -0.25) is 10.1 Å². The lowest BCUT2D eigenvalue weighted by atomic mass is 10.2. The maximum absolute atomic E-state index is 12.8. The molecule has 3 N–H and O–H groups in total. The zero-order valence-electron chi connectivity index (χ0n) is 20.1. The molecule has 1 aromatic heterocycles. The first kappa shape index (κ1) is 26.9. The Bertz CT molecular complexity index is 1460. The quantitative estimate of drug-likeness (QED) is 0.186. The number of anilines is 1. The fraction of sp³-hybridized carbons (Fsp3) is 0.111. The van der Waals surface area contributed by atoms with E-state index in [2.05, 4.69) is 15.4 Å². The minimum Gasteiger partial charge on any atom is -0.490 e. The third-order valence-electron chi connectivity index (χ3n) is 5.15. The Morgan fingerprint density at radius 1 is 0.842 bits per heavy atom. The van der Waals surface area contributed by atoms with Gasteiger partial charge >= 0.3 is 0 Å². The first-order valence-electron chi connectivity index (χ1n) is 11.5. The van der Waals surface area contributed by atoms with Crippen LogP contribution in [-0.2, 0) is 16.6 Å². The second-order valence-electron chi connectivity index (χ2n) is 7.84. The monoisotopic (exact) mass is 551 g/mol. The number of furan rings is 1. The first-order chi connectivity index (χ1) is 18.4. The predicted molar refractivity (Wildman–Crippen MR) is 147 cm³/mol. The van der Waals surface area contributed by atoms with Gasteiger partial charge in [-0.15, -0.1) is 0 Å². The number of benzene rings is 3. The van der Waals surface area contributed by atoms with E-state index in [1.807, 2.05) is 30.3 Å². The molecule has 1 heterocycles. The van der Waals surface area contributed by atoms with Crippen molar-refractivity contribution >= 4 is 38.9 Å². The van der Waals surface area contributed by atoms with Crippen molar-refractivity contribution in [1.82, 2.24) is 10.0 Å². The second kappa shape index (κ2) is 12.9. The molecular formula is C27H25N3O6S2. The Hall–Kier alpha value is -4.19. The predicted octanol–water partition coefficient (Wildman–Crippen LogP) is 4.34. The highest BCUT2D eigenvalue weighted by molar-refractivity contribution is 7.89. The normalized spacial score (nSPS) is 10.9. The molecular weight excluding hydrogens is 526 g/mol. The van der Waals surface area contributed by atoms with Gasteiger partial charge in [0, 0.05) is 5.69 Å². The van der Waals surface area contributed by atoms with E-state index in [1.165, 1.54) is 18.4 Å². The minimum atomic E-state index is -3.73. The molecule has 0 saturated heterocycles. The first-order valence-corrected chi connectivity index (χ1v) is 13.4. The summed E-state index contributed by atoms with van der Waals surface area (Å²) in [5, 5.41) is 5.53. The van der Waals surface area contributed by atoms with Crippen LogP contribution in [0.1, 0.15) is 16.1 Å². The van der Waals surface area contributed by atoms with Crippen molar-refractivity contribution in [2.75, 3.05) is 18.5 Å². The Morgan fingerprint density at radius 2 is 1.55 bits per heavy atom. The third-order valence-corrected chi connectivity index (χ3v) is 6.77. The van der Waals surface area contributed by atoms with Crippen molar-refractivity contribution in [3.8, 4) is 11.5 Å². The van der Waals surface area contributed by atoms with Crippen molar-refractivity contribution in [3.05, 3.63) is 109 Å². The summed E-state index contributed by atoms with van der Waals surface area (Å²) in [6.45, 7) is 0.591. The summed E-state index contributed by atoms with van der Waals surface area (Å²) in [4.78, 5) is 12.9. The number of carbonyl (C=O) groups excluding carboxylic acids is 1. The number of carbonyl (C=O) groups is 1. The highest BCUT2D eigenvalue weighted by atomic mass is 32.2. The molecule has 4 rings (SSSR count). The summed E-state index contributed by atoms with van der Waals surface area (Å²) in [6.07, 6.45) is 1.47. The average Bonchev–Trinajstić information content (AvgIpc) is 3.45. The number of nitrogens with one attached hydrogen (secondary N) is 3. The minimum absolute atomic E-state index is 0.0384. The highest BCUT2D eigenvalue weighted by Gasteiger charge is 2.16. The molecule has 0 radical (unpaired) electrons. The van der Waals surface area contributed by atoms with Crippen LogP contribution in [0.5, 0.6) is 11.5 Å². The van der Waals surface area contributed by atoms with Gasteiger partial charge < -0.3 is 19.2 Å². The van der Waals surface area contributed by atoms with E-state index >= 15 is 0 Å². The Morgan fingerprint density at radius 3 is 2.29 bits per heavy atom. The van der Waals surface area contributed by atoms with Crippen LogP contribution in [0.15, 0.2) is 107 Å². The van der Waals surface area contributed by atoms with Crippen molar-refractivity contribution in [2.24, 2.45) is 0 Å². The van der Waals surface area contributed by atoms with E-state index in [9.17, 15) is 13.2 Å². The van der Waals surface area contributed by atoms with Crippen molar-refractivity contribution in [2.45, 2.75) is 11.4 Å². The lowest BCUT2D eigenvalue weighted by Crippen LogP contribution is -2.34. The molecule has 196 valence electrons. The third kappa shape index (κ3) is 7.65. The molecule has 4 aromatic rings. The molecule has 0 aliphatic heterocycles. The summed E-state index contributed by atoms with van der Waals surface area (Å²) in [5.41, 5.74) is 0.809. The summed E-state index contributed by atoms with van der Waals surface area (Å²) >= 11 is 5.26. The number of hydrogen-bond donors (Lipinski definition) is 3. The summed E-state index contributed by atoms with van der Waals surface area (Å²) < 4.78 is 43.9. The van der Waals surface area contributed by atoms with Crippen LogP contribution in [0.4, 0.5) is 5.69 Å². The summed E-state index contributed by atoms with van der Waals surface area (Å²) in [6, 6.07) is 25.5. The van der Waals surface area contributed by atoms with Gasteiger partial charge in [-0.2, -0.15) is 0 Å². The van der Waals surface area contributed by atoms with Crippen LogP contribution in [0.2, 0.25) is 0 Å². The molecule has 3 aromatic carbocycles. The van der Waals surface area contributed by atoms with Crippen molar-refractivity contribution < 1.29 is 27.1 Å². The Labute approximate surface area is 225 Å².